The second-order valence-corrected chi connectivity index (χ2v) is 6.80. The van der Waals surface area contributed by atoms with E-state index in [4.69, 9.17) is 16.0 Å². The van der Waals surface area contributed by atoms with Crippen molar-refractivity contribution in [2.75, 3.05) is 5.32 Å². The predicted octanol–water partition coefficient (Wildman–Crippen LogP) is 5.41. The lowest BCUT2D eigenvalue weighted by Gasteiger charge is -2.07. The Kier molecular flexibility index (Phi) is 5.10. The maximum atomic E-state index is 13.5. The number of para-hydroxylation sites is 1. The first-order chi connectivity index (χ1) is 14.0. The monoisotopic (exact) mass is 407 g/mol. The molecule has 0 bridgehead atoms. The first-order valence-electron chi connectivity index (χ1n) is 8.76. The Morgan fingerprint density at radius 2 is 1.97 bits per heavy atom. The van der Waals surface area contributed by atoms with E-state index in [0.717, 1.165) is 10.9 Å². The number of carbonyl (C=O) groups excluding carboxylic acids is 1. The summed E-state index contributed by atoms with van der Waals surface area (Å²) in [5.41, 5.74) is 2.19. The predicted molar refractivity (Wildman–Crippen MR) is 110 cm³/mol. The number of rotatable bonds is 3. The molecule has 2 aromatic heterocycles. The maximum Gasteiger partial charge on any atom is 0.262 e. The van der Waals surface area contributed by atoms with Crippen molar-refractivity contribution in [3.8, 4) is 0 Å². The Bertz CT molecular complexity index is 1280. The summed E-state index contributed by atoms with van der Waals surface area (Å²) in [7, 11) is 0. The molecular formula is C22H15ClFN3O2. The van der Waals surface area contributed by atoms with Crippen LogP contribution >= 0.6 is 11.6 Å². The van der Waals surface area contributed by atoms with Crippen molar-refractivity contribution in [3.63, 3.8) is 0 Å². The first kappa shape index (κ1) is 18.8. The van der Waals surface area contributed by atoms with E-state index in [9.17, 15) is 9.18 Å². The minimum atomic E-state index is -0.551. The Hall–Kier alpha value is -3.51. The van der Waals surface area contributed by atoms with Crippen molar-refractivity contribution in [1.29, 1.82) is 0 Å². The van der Waals surface area contributed by atoms with E-state index in [0.29, 0.717) is 17.1 Å². The van der Waals surface area contributed by atoms with Gasteiger partial charge in [-0.1, -0.05) is 35.9 Å². The van der Waals surface area contributed by atoms with Gasteiger partial charge in [0.1, 0.15) is 22.8 Å². The number of halogens is 2. The molecule has 2 aromatic carbocycles. The number of hydrogen-bond donors (Lipinski definition) is 1. The van der Waals surface area contributed by atoms with Crippen LogP contribution < -0.4 is 10.9 Å². The van der Waals surface area contributed by atoms with Gasteiger partial charge in [-0.15, -0.1) is 0 Å². The highest BCUT2D eigenvalue weighted by molar-refractivity contribution is 6.31. The van der Waals surface area contributed by atoms with Gasteiger partial charge in [0.25, 0.3) is 5.91 Å². The summed E-state index contributed by atoms with van der Waals surface area (Å²) < 4.78 is 19.3. The lowest BCUT2D eigenvalue weighted by atomic mass is 10.1. The summed E-state index contributed by atoms with van der Waals surface area (Å²) in [5.74, 6) is -0.572. The quantitative estimate of drug-likeness (QED) is 0.493. The number of fused-ring (bicyclic) bond motifs is 1. The third-order valence-corrected chi connectivity index (χ3v) is 4.48. The standard InChI is InChI=1S/C22H15ClFN3O2/c1-13-6-9-20(25-12-13)27-21(28)16-10-14-4-2-3-5-19(14)29-22(16)26-15-7-8-18(24)17(23)11-15/h2-12H,1H3,(H,25,27,28). The average molecular weight is 408 g/mol. The maximum absolute atomic E-state index is 13.5. The van der Waals surface area contributed by atoms with Gasteiger partial charge in [0, 0.05) is 11.6 Å². The van der Waals surface area contributed by atoms with Crippen LogP contribution in [0.1, 0.15) is 15.9 Å². The van der Waals surface area contributed by atoms with Crippen molar-refractivity contribution in [1.82, 2.24) is 4.98 Å². The van der Waals surface area contributed by atoms with E-state index in [1.807, 2.05) is 31.2 Å². The van der Waals surface area contributed by atoms with Gasteiger partial charge in [-0.3, -0.25) is 4.79 Å². The van der Waals surface area contributed by atoms with Gasteiger partial charge in [0.05, 0.1) is 10.7 Å². The summed E-state index contributed by atoms with van der Waals surface area (Å²) in [6.45, 7) is 1.91. The van der Waals surface area contributed by atoms with E-state index < -0.39 is 11.7 Å². The fraction of sp³-hybridized carbons (Fsp3) is 0.0455. The topological polar surface area (TPSA) is 67.5 Å². The molecule has 4 aromatic rings. The number of hydrogen-bond acceptors (Lipinski definition) is 4. The summed E-state index contributed by atoms with van der Waals surface area (Å²) in [6.07, 6.45) is 1.66. The summed E-state index contributed by atoms with van der Waals surface area (Å²) >= 11 is 5.84. The number of amides is 1. The van der Waals surface area contributed by atoms with Crippen LogP contribution in [0.2, 0.25) is 5.02 Å². The van der Waals surface area contributed by atoms with E-state index in [1.165, 1.54) is 18.2 Å². The zero-order chi connectivity index (χ0) is 20.4. The van der Waals surface area contributed by atoms with Crippen LogP contribution in [0.5, 0.6) is 0 Å². The highest BCUT2D eigenvalue weighted by atomic mass is 35.5. The van der Waals surface area contributed by atoms with Crippen molar-refractivity contribution in [2.45, 2.75) is 6.92 Å². The van der Waals surface area contributed by atoms with Gasteiger partial charge in [-0.2, -0.15) is 0 Å². The highest BCUT2D eigenvalue weighted by Gasteiger charge is 2.14. The average Bonchev–Trinajstić information content (AvgIpc) is 2.72. The number of benzene rings is 2. The number of pyridine rings is 1. The largest absolute Gasteiger partial charge is 0.438 e. The normalized spacial score (nSPS) is 11.6. The number of nitrogens with zero attached hydrogens (tertiary/aromatic N) is 2. The molecule has 0 atom stereocenters. The smallest absolute Gasteiger partial charge is 0.262 e. The van der Waals surface area contributed by atoms with Gasteiger partial charge in [0.2, 0.25) is 5.55 Å². The van der Waals surface area contributed by atoms with Gasteiger partial charge >= 0.3 is 0 Å². The molecule has 0 radical (unpaired) electrons. The number of anilines is 1. The van der Waals surface area contributed by atoms with Crippen molar-refractivity contribution < 1.29 is 13.6 Å². The van der Waals surface area contributed by atoms with Crippen LogP contribution in [0.25, 0.3) is 11.0 Å². The highest BCUT2D eigenvalue weighted by Crippen LogP contribution is 2.22. The summed E-state index contributed by atoms with van der Waals surface area (Å²) in [6, 6.07) is 16.5. The second kappa shape index (κ2) is 7.85. The zero-order valence-electron chi connectivity index (χ0n) is 15.3. The Balaban J connectivity index is 1.83. The summed E-state index contributed by atoms with van der Waals surface area (Å²) in [4.78, 5) is 21.5. The zero-order valence-corrected chi connectivity index (χ0v) is 16.1. The van der Waals surface area contributed by atoms with E-state index >= 15 is 0 Å². The molecule has 5 nitrogen and oxygen atoms in total. The van der Waals surface area contributed by atoms with Gasteiger partial charge < -0.3 is 9.73 Å². The Morgan fingerprint density at radius 3 is 2.72 bits per heavy atom. The van der Waals surface area contributed by atoms with Crippen molar-refractivity contribution in [3.05, 3.63) is 94.4 Å². The molecule has 2 heterocycles. The van der Waals surface area contributed by atoms with Crippen LogP contribution in [0.3, 0.4) is 0 Å². The molecule has 29 heavy (non-hydrogen) atoms. The molecule has 0 aliphatic heterocycles. The fourth-order valence-electron chi connectivity index (χ4n) is 2.71. The molecule has 0 unspecified atom stereocenters. The molecule has 0 aliphatic rings. The minimum Gasteiger partial charge on any atom is -0.438 e. The lowest BCUT2D eigenvalue weighted by molar-refractivity contribution is 0.102. The van der Waals surface area contributed by atoms with Crippen LogP contribution in [-0.4, -0.2) is 10.9 Å². The first-order valence-corrected chi connectivity index (χ1v) is 9.14. The number of nitrogens with one attached hydrogen (secondary N) is 1. The van der Waals surface area contributed by atoms with Crippen LogP contribution in [0.15, 0.2) is 76.3 Å². The van der Waals surface area contributed by atoms with Gasteiger partial charge in [-0.05, 0) is 48.9 Å². The molecule has 0 saturated heterocycles. The minimum absolute atomic E-state index is 0.0677. The second-order valence-electron chi connectivity index (χ2n) is 6.39. The van der Waals surface area contributed by atoms with Crippen molar-refractivity contribution >= 4 is 40.0 Å². The molecule has 0 saturated carbocycles. The van der Waals surface area contributed by atoms with Crippen molar-refractivity contribution in [2.24, 2.45) is 4.99 Å². The molecule has 7 heteroatoms. The summed E-state index contributed by atoms with van der Waals surface area (Å²) in [5, 5.41) is 3.41. The molecule has 1 N–H and O–H groups in total. The Morgan fingerprint density at radius 1 is 1.14 bits per heavy atom. The third-order valence-electron chi connectivity index (χ3n) is 4.19. The molecule has 144 valence electrons. The third kappa shape index (κ3) is 4.17. The Labute approximate surface area is 170 Å². The van der Waals surface area contributed by atoms with Gasteiger partial charge in [0.15, 0.2) is 0 Å². The van der Waals surface area contributed by atoms with Crippen LogP contribution in [0.4, 0.5) is 15.9 Å². The number of aryl methyl sites for hydroxylation is 1. The molecule has 0 fully saturated rings. The molecule has 0 aliphatic carbocycles. The van der Waals surface area contributed by atoms with E-state index in [-0.39, 0.29) is 16.1 Å². The van der Waals surface area contributed by atoms with Crippen LogP contribution in [-0.2, 0) is 0 Å². The SMILES string of the molecule is Cc1ccc(NC(=O)c2cc3ccccc3oc2=Nc2ccc(F)c(Cl)c2)nc1. The lowest BCUT2D eigenvalue weighted by Crippen LogP contribution is -2.22. The number of aromatic nitrogens is 1. The molecule has 0 spiro atoms. The molecule has 1 amide bonds. The van der Waals surface area contributed by atoms with E-state index in [2.05, 4.69) is 15.3 Å². The fourth-order valence-corrected chi connectivity index (χ4v) is 2.89. The van der Waals surface area contributed by atoms with Gasteiger partial charge in [-0.25, -0.2) is 14.4 Å². The molecule has 4 rings (SSSR count). The van der Waals surface area contributed by atoms with Crippen LogP contribution in [0, 0.1) is 12.7 Å². The molecular weight excluding hydrogens is 393 g/mol. The number of carbonyl (C=O) groups is 1. The van der Waals surface area contributed by atoms with E-state index in [1.54, 1.807) is 24.4 Å².